The maximum absolute atomic E-state index is 10.5. The van der Waals surface area contributed by atoms with Crippen molar-refractivity contribution in [3.05, 3.63) is 29.3 Å². The molecule has 0 aliphatic heterocycles. The lowest BCUT2D eigenvalue weighted by molar-refractivity contribution is -0.255. The first-order valence-electron chi connectivity index (χ1n) is 3.53. The summed E-state index contributed by atoms with van der Waals surface area (Å²) in [5.41, 5.74) is 0.159. The Morgan fingerprint density at radius 3 is 2.69 bits per heavy atom. The van der Waals surface area contributed by atoms with Crippen LogP contribution in [0, 0.1) is 0 Å². The van der Waals surface area contributed by atoms with Crippen LogP contribution in [0.25, 0.3) is 0 Å². The molecule has 1 aromatic rings. The van der Waals surface area contributed by atoms with Gasteiger partial charge in [-0.25, -0.2) is 0 Å². The van der Waals surface area contributed by atoms with Gasteiger partial charge >= 0.3 is 0 Å². The zero-order valence-corrected chi connectivity index (χ0v) is 6.94. The van der Waals surface area contributed by atoms with Crippen LogP contribution in [-0.4, -0.2) is 19.4 Å². The van der Waals surface area contributed by atoms with Gasteiger partial charge in [-0.15, -0.1) is 0 Å². The minimum Gasteiger partial charge on any atom is -0.545 e. The van der Waals surface area contributed by atoms with Gasteiger partial charge in [0.05, 0.1) is 13.1 Å². The second-order valence-electron chi connectivity index (χ2n) is 2.37. The molecule has 0 bridgehead atoms. The first-order valence-corrected chi connectivity index (χ1v) is 3.53. The molecule has 1 aromatic carbocycles. The summed E-state index contributed by atoms with van der Waals surface area (Å²) in [6.45, 7) is 0. The lowest BCUT2D eigenvalue weighted by atomic mass is 10.1. The van der Waals surface area contributed by atoms with Gasteiger partial charge in [0, 0.05) is 11.1 Å². The summed E-state index contributed by atoms with van der Waals surface area (Å²) in [5.74, 6) is -1.17. The van der Waals surface area contributed by atoms with Crippen LogP contribution in [-0.2, 0) is 0 Å². The number of carboxylic acid groups (broad SMARTS) is 1. The molecular formula is C9H7O4-. The third-order valence-electron chi connectivity index (χ3n) is 1.58. The molecule has 0 atom stereocenters. The highest BCUT2D eigenvalue weighted by atomic mass is 16.5. The zero-order chi connectivity index (χ0) is 9.84. The van der Waals surface area contributed by atoms with Crippen molar-refractivity contribution in [1.29, 1.82) is 0 Å². The van der Waals surface area contributed by atoms with Crippen LogP contribution in [0.5, 0.6) is 5.75 Å². The van der Waals surface area contributed by atoms with Crippen molar-refractivity contribution in [2.45, 2.75) is 0 Å². The normalized spacial score (nSPS) is 9.31. The Hall–Kier alpha value is -1.84. The predicted octanol–water partition coefficient (Wildman–Crippen LogP) is -0.129. The fourth-order valence-electron chi connectivity index (χ4n) is 0.958. The Bertz CT molecular complexity index is 343. The Kier molecular flexibility index (Phi) is 2.64. The maximum Gasteiger partial charge on any atom is 0.150 e. The molecule has 4 heteroatoms. The molecule has 0 radical (unpaired) electrons. The van der Waals surface area contributed by atoms with Crippen LogP contribution in [0.2, 0.25) is 0 Å². The molecule has 0 aliphatic rings. The molecule has 13 heavy (non-hydrogen) atoms. The van der Waals surface area contributed by atoms with E-state index in [1.807, 2.05) is 0 Å². The molecule has 0 fully saturated rings. The van der Waals surface area contributed by atoms with Crippen LogP contribution in [0.15, 0.2) is 18.2 Å². The lowest BCUT2D eigenvalue weighted by Crippen LogP contribution is -2.23. The first kappa shape index (κ1) is 9.25. The van der Waals surface area contributed by atoms with Gasteiger partial charge in [0.15, 0.2) is 0 Å². The van der Waals surface area contributed by atoms with E-state index >= 15 is 0 Å². The van der Waals surface area contributed by atoms with E-state index in [1.165, 1.54) is 25.3 Å². The number of carbonyl (C=O) groups excluding carboxylic acids is 2. The number of hydrogen-bond donors (Lipinski definition) is 0. The van der Waals surface area contributed by atoms with Crippen LogP contribution in [0.3, 0.4) is 0 Å². The van der Waals surface area contributed by atoms with Crippen molar-refractivity contribution in [2.75, 3.05) is 7.11 Å². The standard InChI is InChI=1S/C9H8O4/c1-13-8-3-2-6(5-10)4-7(8)9(11)12/h2-5H,1H3,(H,11,12)/p-1. The first-order chi connectivity index (χ1) is 6.19. The van der Waals surface area contributed by atoms with E-state index in [-0.39, 0.29) is 16.9 Å². The SMILES string of the molecule is COc1ccc(C=O)cc1C(=O)[O-]. The number of carbonyl (C=O) groups is 2. The number of hydrogen-bond acceptors (Lipinski definition) is 4. The van der Waals surface area contributed by atoms with Crippen molar-refractivity contribution in [3.8, 4) is 5.75 Å². The van der Waals surface area contributed by atoms with E-state index in [9.17, 15) is 14.7 Å². The van der Waals surface area contributed by atoms with Gasteiger partial charge in [0.1, 0.15) is 12.0 Å². The Balaban J connectivity index is 3.25. The summed E-state index contributed by atoms with van der Waals surface area (Å²) in [4.78, 5) is 20.9. The fourth-order valence-corrected chi connectivity index (χ4v) is 0.958. The highest BCUT2D eigenvalue weighted by molar-refractivity contribution is 5.91. The number of rotatable bonds is 3. The summed E-state index contributed by atoms with van der Waals surface area (Å²) in [5, 5.41) is 10.5. The molecule has 0 saturated heterocycles. The maximum atomic E-state index is 10.5. The molecule has 0 N–H and O–H groups in total. The van der Waals surface area contributed by atoms with Crippen LogP contribution >= 0.6 is 0 Å². The second-order valence-corrected chi connectivity index (χ2v) is 2.37. The van der Waals surface area contributed by atoms with Crippen molar-refractivity contribution in [3.63, 3.8) is 0 Å². The van der Waals surface area contributed by atoms with E-state index in [4.69, 9.17) is 4.74 Å². The topological polar surface area (TPSA) is 66.4 Å². The lowest BCUT2D eigenvalue weighted by Gasteiger charge is -2.08. The van der Waals surface area contributed by atoms with Gasteiger partial charge < -0.3 is 14.6 Å². The average molecular weight is 179 g/mol. The second kappa shape index (κ2) is 3.71. The van der Waals surface area contributed by atoms with Gasteiger partial charge in [0.25, 0.3) is 0 Å². The van der Waals surface area contributed by atoms with Crippen LogP contribution in [0.4, 0.5) is 0 Å². The molecule has 0 saturated carbocycles. The molecule has 0 spiro atoms. The van der Waals surface area contributed by atoms with Gasteiger partial charge in [0.2, 0.25) is 0 Å². The number of ether oxygens (including phenoxy) is 1. The highest BCUT2D eigenvalue weighted by Crippen LogP contribution is 2.17. The fraction of sp³-hybridized carbons (Fsp3) is 0.111. The molecule has 4 nitrogen and oxygen atoms in total. The zero-order valence-electron chi connectivity index (χ0n) is 6.94. The minimum atomic E-state index is -1.36. The summed E-state index contributed by atoms with van der Waals surface area (Å²) in [6.07, 6.45) is 0.561. The smallest absolute Gasteiger partial charge is 0.150 e. The van der Waals surface area contributed by atoms with Gasteiger partial charge in [-0.2, -0.15) is 0 Å². The highest BCUT2D eigenvalue weighted by Gasteiger charge is 2.04. The van der Waals surface area contributed by atoms with Gasteiger partial charge in [-0.1, -0.05) is 0 Å². The monoisotopic (exact) mass is 179 g/mol. The summed E-state index contributed by atoms with van der Waals surface area (Å²) < 4.78 is 4.77. The Morgan fingerprint density at radius 1 is 1.54 bits per heavy atom. The van der Waals surface area contributed by atoms with E-state index in [0.717, 1.165) is 0 Å². The third kappa shape index (κ3) is 1.84. The molecule has 0 heterocycles. The average Bonchev–Trinajstić information content (AvgIpc) is 2.16. The number of benzene rings is 1. The van der Waals surface area contributed by atoms with Gasteiger partial charge in [-0.05, 0) is 18.2 Å². The molecular weight excluding hydrogens is 172 g/mol. The van der Waals surface area contributed by atoms with E-state index in [2.05, 4.69) is 0 Å². The number of methoxy groups -OCH3 is 1. The number of aromatic carboxylic acids is 1. The molecule has 0 aromatic heterocycles. The molecule has 1 rings (SSSR count). The number of carboxylic acids is 1. The van der Waals surface area contributed by atoms with Crippen molar-refractivity contribution in [2.24, 2.45) is 0 Å². The van der Waals surface area contributed by atoms with Crippen LogP contribution < -0.4 is 9.84 Å². The Labute approximate surface area is 74.8 Å². The van der Waals surface area contributed by atoms with Crippen molar-refractivity contribution >= 4 is 12.3 Å². The van der Waals surface area contributed by atoms with E-state index in [0.29, 0.717) is 6.29 Å². The van der Waals surface area contributed by atoms with Crippen molar-refractivity contribution < 1.29 is 19.4 Å². The predicted molar refractivity (Wildman–Crippen MR) is 42.7 cm³/mol. The largest absolute Gasteiger partial charge is 0.545 e. The Morgan fingerprint density at radius 2 is 2.23 bits per heavy atom. The molecule has 0 aliphatic carbocycles. The molecule has 0 amide bonds. The third-order valence-corrected chi connectivity index (χ3v) is 1.58. The quantitative estimate of drug-likeness (QED) is 0.606. The summed E-state index contributed by atoms with van der Waals surface area (Å²) >= 11 is 0. The van der Waals surface area contributed by atoms with Gasteiger partial charge in [-0.3, -0.25) is 4.79 Å². The summed E-state index contributed by atoms with van der Waals surface area (Å²) in [6, 6.07) is 4.09. The van der Waals surface area contributed by atoms with E-state index < -0.39 is 5.97 Å². The summed E-state index contributed by atoms with van der Waals surface area (Å²) in [7, 11) is 1.35. The van der Waals surface area contributed by atoms with Crippen molar-refractivity contribution in [1.82, 2.24) is 0 Å². The number of aldehydes is 1. The van der Waals surface area contributed by atoms with Crippen LogP contribution in [0.1, 0.15) is 20.7 Å². The molecule has 0 unspecified atom stereocenters. The molecule has 68 valence electrons. The van der Waals surface area contributed by atoms with E-state index in [1.54, 1.807) is 0 Å². The minimum absolute atomic E-state index is 0.118.